The van der Waals surface area contributed by atoms with Crippen LogP contribution in [0.2, 0.25) is 0 Å². The number of rotatable bonds is 5. The van der Waals surface area contributed by atoms with Crippen LogP contribution in [0.1, 0.15) is 39.8 Å². The van der Waals surface area contributed by atoms with Gasteiger partial charge < -0.3 is 14.4 Å². The average molecular weight is 349 g/mol. The van der Waals surface area contributed by atoms with Crippen molar-refractivity contribution in [3.05, 3.63) is 58.5 Å². The maximum atomic E-state index is 13.8. The van der Waals surface area contributed by atoms with Gasteiger partial charge >= 0.3 is 5.97 Å². The molecule has 0 spiro atoms. The SMILES string of the molecule is Cc1oc(CN(C)C(=O)[C@@H]2C[C@H]2c2c(F)cccc2F)cc1C(=O)O. The first-order valence-electron chi connectivity index (χ1n) is 7.81. The Morgan fingerprint density at radius 3 is 2.52 bits per heavy atom. The third kappa shape index (κ3) is 3.26. The molecule has 0 bridgehead atoms. The van der Waals surface area contributed by atoms with Gasteiger partial charge in [0.15, 0.2) is 0 Å². The van der Waals surface area contributed by atoms with Gasteiger partial charge in [0.2, 0.25) is 5.91 Å². The van der Waals surface area contributed by atoms with Crippen molar-refractivity contribution < 1.29 is 27.9 Å². The molecule has 1 N–H and O–H groups in total. The molecule has 0 unspecified atom stereocenters. The zero-order valence-corrected chi connectivity index (χ0v) is 13.8. The second kappa shape index (κ2) is 6.31. The summed E-state index contributed by atoms with van der Waals surface area (Å²) in [5, 5.41) is 9.02. The molecule has 132 valence electrons. The van der Waals surface area contributed by atoms with E-state index >= 15 is 0 Å². The maximum Gasteiger partial charge on any atom is 0.339 e. The second-order valence-electron chi connectivity index (χ2n) is 6.27. The molecule has 2 atom stereocenters. The van der Waals surface area contributed by atoms with Crippen molar-refractivity contribution in [2.24, 2.45) is 5.92 Å². The molecule has 1 heterocycles. The standard InChI is InChI=1S/C18H17F2NO4/c1-9-11(18(23)24)6-10(25-9)8-21(2)17(22)13-7-12(13)16-14(19)4-3-5-15(16)20/h3-6,12-13H,7-8H2,1-2H3,(H,23,24)/t12-,13-/m1/s1. The van der Waals surface area contributed by atoms with Crippen molar-refractivity contribution in [2.45, 2.75) is 25.8 Å². The predicted molar refractivity (Wildman–Crippen MR) is 84.1 cm³/mol. The van der Waals surface area contributed by atoms with E-state index in [0.29, 0.717) is 12.2 Å². The van der Waals surface area contributed by atoms with E-state index in [4.69, 9.17) is 9.52 Å². The second-order valence-corrected chi connectivity index (χ2v) is 6.27. The molecule has 7 heteroatoms. The fourth-order valence-corrected chi connectivity index (χ4v) is 3.08. The summed E-state index contributed by atoms with van der Waals surface area (Å²) >= 11 is 0. The van der Waals surface area contributed by atoms with Crippen LogP contribution in [-0.2, 0) is 11.3 Å². The summed E-state index contributed by atoms with van der Waals surface area (Å²) in [6.07, 6.45) is 0.387. The number of aryl methyl sites for hydroxylation is 1. The molecule has 1 aliphatic rings. The smallest absolute Gasteiger partial charge is 0.339 e. The Morgan fingerprint density at radius 2 is 1.96 bits per heavy atom. The van der Waals surface area contributed by atoms with Crippen molar-refractivity contribution in [3.8, 4) is 0 Å². The Balaban J connectivity index is 1.68. The predicted octanol–water partition coefficient (Wildman–Crippen LogP) is 3.33. The molecule has 2 aromatic rings. The number of benzene rings is 1. The summed E-state index contributed by atoms with van der Waals surface area (Å²) in [4.78, 5) is 24.9. The molecule has 1 aliphatic carbocycles. The van der Waals surface area contributed by atoms with Crippen LogP contribution in [0.5, 0.6) is 0 Å². The highest BCUT2D eigenvalue weighted by Crippen LogP contribution is 2.50. The Labute approximate surface area is 142 Å². The Bertz CT molecular complexity index is 825. The maximum absolute atomic E-state index is 13.8. The number of hydrogen-bond acceptors (Lipinski definition) is 3. The van der Waals surface area contributed by atoms with Crippen molar-refractivity contribution in [1.82, 2.24) is 4.90 Å². The number of aromatic carboxylic acids is 1. The molecule has 1 fully saturated rings. The third-order valence-electron chi connectivity index (χ3n) is 4.45. The molecule has 1 amide bonds. The van der Waals surface area contributed by atoms with Gasteiger partial charge in [0, 0.05) is 24.4 Å². The first kappa shape index (κ1) is 17.1. The van der Waals surface area contributed by atoms with Gasteiger partial charge in [-0.2, -0.15) is 0 Å². The van der Waals surface area contributed by atoms with E-state index in [-0.39, 0.29) is 29.3 Å². The lowest BCUT2D eigenvalue weighted by molar-refractivity contribution is -0.132. The van der Waals surface area contributed by atoms with Crippen LogP contribution < -0.4 is 0 Å². The lowest BCUT2D eigenvalue weighted by atomic mass is 10.1. The highest BCUT2D eigenvalue weighted by molar-refractivity contribution is 5.89. The highest BCUT2D eigenvalue weighted by atomic mass is 19.1. The van der Waals surface area contributed by atoms with E-state index in [2.05, 4.69) is 0 Å². The number of carboxylic acids is 1. The Morgan fingerprint density at radius 1 is 1.32 bits per heavy atom. The first-order valence-corrected chi connectivity index (χ1v) is 7.81. The summed E-state index contributed by atoms with van der Waals surface area (Å²) in [6, 6.07) is 5.03. The average Bonchev–Trinajstić information content (AvgIpc) is 3.22. The van der Waals surface area contributed by atoms with E-state index in [0.717, 1.165) is 0 Å². The molecular weight excluding hydrogens is 332 g/mol. The van der Waals surface area contributed by atoms with Crippen LogP contribution in [0, 0.1) is 24.5 Å². The van der Waals surface area contributed by atoms with Crippen LogP contribution in [0.3, 0.4) is 0 Å². The molecule has 0 aliphatic heterocycles. The number of carbonyl (C=O) groups is 2. The minimum atomic E-state index is -1.10. The molecule has 0 saturated heterocycles. The molecule has 1 aromatic carbocycles. The summed E-state index contributed by atoms with van der Waals surface area (Å²) in [6.45, 7) is 1.63. The van der Waals surface area contributed by atoms with Gasteiger partial charge in [0.1, 0.15) is 28.7 Å². The van der Waals surface area contributed by atoms with Gasteiger partial charge in [0.05, 0.1) is 6.54 Å². The van der Waals surface area contributed by atoms with E-state index in [1.54, 1.807) is 7.05 Å². The first-order chi connectivity index (χ1) is 11.8. The van der Waals surface area contributed by atoms with E-state index < -0.39 is 29.4 Å². The number of halogens is 2. The molecule has 1 aromatic heterocycles. The van der Waals surface area contributed by atoms with Crippen LogP contribution >= 0.6 is 0 Å². The van der Waals surface area contributed by atoms with Crippen LogP contribution in [0.25, 0.3) is 0 Å². The summed E-state index contributed by atoms with van der Waals surface area (Å²) in [7, 11) is 1.55. The Kier molecular flexibility index (Phi) is 4.32. The number of nitrogens with zero attached hydrogens (tertiary/aromatic N) is 1. The number of furan rings is 1. The zero-order chi connectivity index (χ0) is 18.3. The normalized spacial score (nSPS) is 18.9. The summed E-state index contributed by atoms with van der Waals surface area (Å²) in [5.74, 6) is -2.97. The fourth-order valence-electron chi connectivity index (χ4n) is 3.08. The van der Waals surface area contributed by atoms with Crippen molar-refractivity contribution >= 4 is 11.9 Å². The van der Waals surface area contributed by atoms with E-state index in [1.165, 1.54) is 36.1 Å². The number of amides is 1. The molecular formula is C18H17F2NO4. The highest BCUT2D eigenvalue weighted by Gasteiger charge is 2.47. The monoisotopic (exact) mass is 349 g/mol. The number of carboxylic acid groups (broad SMARTS) is 1. The lowest BCUT2D eigenvalue weighted by Gasteiger charge is -2.16. The minimum Gasteiger partial charge on any atom is -0.478 e. The largest absolute Gasteiger partial charge is 0.478 e. The van der Waals surface area contributed by atoms with Gasteiger partial charge in [-0.05, 0) is 31.5 Å². The minimum absolute atomic E-state index is 0.0451. The van der Waals surface area contributed by atoms with Gasteiger partial charge in [-0.15, -0.1) is 0 Å². The van der Waals surface area contributed by atoms with E-state index in [9.17, 15) is 18.4 Å². The molecule has 3 rings (SSSR count). The third-order valence-corrected chi connectivity index (χ3v) is 4.45. The summed E-state index contributed by atoms with van der Waals surface area (Å²) < 4.78 is 33.0. The van der Waals surface area contributed by atoms with Gasteiger partial charge in [-0.25, -0.2) is 13.6 Å². The summed E-state index contributed by atoms with van der Waals surface area (Å²) in [5.41, 5.74) is 0.00447. The lowest BCUT2D eigenvalue weighted by Crippen LogP contribution is -2.28. The van der Waals surface area contributed by atoms with Crippen molar-refractivity contribution in [3.63, 3.8) is 0 Å². The molecule has 0 radical (unpaired) electrons. The van der Waals surface area contributed by atoms with Crippen molar-refractivity contribution in [2.75, 3.05) is 7.05 Å². The van der Waals surface area contributed by atoms with Gasteiger partial charge in [-0.1, -0.05) is 6.07 Å². The van der Waals surface area contributed by atoms with Crippen molar-refractivity contribution in [1.29, 1.82) is 0 Å². The van der Waals surface area contributed by atoms with Crippen LogP contribution in [0.15, 0.2) is 28.7 Å². The van der Waals surface area contributed by atoms with Gasteiger partial charge in [-0.3, -0.25) is 4.79 Å². The van der Waals surface area contributed by atoms with Crippen LogP contribution in [-0.4, -0.2) is 28.9 Å². The van der Waals surface area contributed by atoms with Gasteiger partial charge in [0.25, 0.3) is 0 Å². The quantitative estimate of drug-likeness (QED) is 0.899. The molecule has 5 nitrogen and oxygen atoms in total. The number of carbonyl (C=O) groups excluding carboxylic acids is 1. The topological polar surface area (TPSA) is 70.8 Å². The molecule has 1 saturated carbocycles. The fraction of sp³-hybridized carbons (Fsp3) is 0.333. The molecule has 25 heavy (non-hydrogen) atoms. The number of hydrogen-bond donors (Lipinski definition) is 1. The zero-order valence-electron chi connectivity index (χ0n) is 13.8. The Hall–Kier alpha value is -2.70. The van der Waals surface area contributed by atoms with Crippen LogP contribution in [0.4, 0.5) is 8.78 Å². The van der Waals surface area contributed by atoms with E-state index in [1.807, 2.05) is 0 Å².